The van der Waals surface area contributed by atoms with Crippen LogP contribution < -0.4 is 14.5 Å². The molecule has 0 radical (unpaired) electrons. The van der Waals surface area contributed by atoms with Gasteiger partial charge in [0.1, 0.15) is 17.4 Å². The molecule has 1 N–H and O–H groups in total. The van der Waals surface area contributed by atoms with E-state index in [-0.39, 0.29) is 37.4 Å². The van der Waals surface area contributed by atoms with Gasteiger partial charge in [-0.15, -0.1) is 0 Å². The number of ether oxygens (including phenoxy) is 2. The Morgan fingerprint density at radius 2 is 1.62 bits per heavy atom. The Labute approximate surface area is 226 Å². The van der Waals surface area contributed by atoms with Crippen LogP contribution in [0.2, 0.25) is 0 Å². The van der Waals surface area contributed by atoms with E-state index in [1.807, 2.05) is 54.6 Å². The molecule has 3 amide bonds. The van der Waals surface area contributed by atoms with Crippen LogP contribution >= 0.6 is 0 Å². The molecule has 2 fully saturated rings. The fourth-order valence-electron chi connectivity index (χ4n) is 6.45. The van der Waals surface area contributed by atoms with Gasteiger partial charge < -0.3 is 29.3 Å². The highest BCUT2D eigenvalue weighted by molar-refractivity contribution is 6.07. The first-order valence-corrected chi connectivity index (χ1v) is 13.3. The summed E-state index contributed by atoms with van der Waals surface area (Å²) in [5.74, 6) is -1.78. The van der Waals surface area contributed by atoms with Gasteiger partial charge in [-0.25, -0.2) is 0 Å². The molecular weight excluding hydrogens is 498 g/mol. The molecule has 9 nitrogen and oxygen atoms in total. The van der Waals surface area contributed by atoms with E-state index in [0.29, 0.717) is 24.4 Å². The van der Waals surface area contributed by atoms with Crippen molar-refractivity contribution in [2.45, 2.75) is 24.2 Å². The summed E-state index contributed by atoms with van der Waals surface area (Å²) in [5.41, 5.74) is 0.102. The van der Waals surface area contributed by atoms with Crippen molar-refractivity contribution >= 4 is 29.1 Å². The minimum atomic E-state index is -1.31. The second-order valence-electron chi connectivity index (χ2n) is 10.2. The third-order valence-corrected chi connectivity index (χ3v) is 8.17. The summed E-state index contributed by atoms with van der Waals surface area (Å²) >= 11 is 0. The summed E-state index contributed by atoms with van der Waals surface area (Å²) in [5, 5.41) is 9.58. The monoisotopic (exact) mass is 529 g/mol. The third kappa shape index (κ3) is 3.95. The van der Waals surface area contributed by atoms with Crippen molar-refractivity contribution in [3.8, 4) is 5.75 Å². The van der Waals surface area contributed by atoms with Crippen molar-refractivity contribution in [1.29, 1.82) is 0 Å². The summed E-state index contributed by atoms with van der Waals surface area (Å²) < 4.78 is 11.9. The molecule has 2 aromatic rings. The van der Waals surface area contributed by atoms with Crippen molar-refractivity contribution in [3.63, 3.8) is 0 Å². The molecule has 0 bridgehead atoms. The van der Waals surface area contributed by atoms with Crippen molar-refractivity contribution in [2.75, 3.05) is 43.2 Å². The minimum absolute atomic E-state index is 0.128. The number of likely N-dealkylation sites (tertiary alicyclic amines) is 1. The normalized spacial score (nSPS) is 29.7. The lowest BCUT2D eigenvalue weighted by Crippen LogP contribution is -2.55. The van der Waals surface area contributed by atoms with Crippen molar-refractivity contribution < 1.29 is 29.0 Å². The lowest BCUT2D eigenvalue weighted by molar-refractivity contribution is -0.140. The largest absolute Gasteiger partial charge is 0.497 e. The van der Waals surface area contributed by atoms with E-state index in [4.69, 9.17) is 9.47 Å². The van der Waals surface area contributed by atoms with Gasteiger partial charge in [-0.1, -0.05) is 42.5 Å². The van der Waals surface area contributed by atoms with E-state index in [0.717, 1.165) is 5.69 Å². The standard InChI is InChI=1S/C30H31N3O6/c1-38-22-13-11-21(12-14-22)32-17-6-15-30-25(28(36)33(18-7-19-34)26(30)29(32)37)24-23(39-30)10-5-16-31(27(24)35)20-8-3-2-4-9-20/h2-6,8-15,23-26,34H,7,16-19H2,1H3/t23-,24+,25-,26?,30-/m0/s1. The number of carbonyl (C=O) groups is 3. The van der Waals surface area contributed by atoms with Crippen LogP contribution in [0.25, 0.3) is 0 Å². The summed E-state index contributed by atoms with van der Waals surface area (Å²) in [6, 6.07) is 15.6. The molecule has 1 unspecified atom stereocenters. The Balaban J connectivity index is 1.42. The predicted octanol–water partition coefficient (Wildman–Crippen LogP) is 2.16. The molecule has 4 aliphatic heterocycles. The lowest BCUT2D eigenvalue weighted by Gasteiger charge is -2.35. The summed E-state index contributed by atoms with van der Waals surface area (Å²) in [7, 11) is 1.58. The molecule has 39 heavy (non-hydrogen) atoms. The van der Waals surface area contributed by atoms with E-state index < -0.39 is 29.6 Å². The smallest absolute Gasteiger partial charge is 0.253 e. The lowest BCUT2D eigenvalue weighted by atomic mass is 9.77. The fraction of sp³-hybridized carbons (Fsp3) is 0.367. The van der Waals surface area contributed by atoms with E-state index >= 15 is 0 Å². The van der Waals surface area contributed by atoms with Crippen LogP contribution in [0.15, 0.2) is 78.9 Å². The molecule has 6 rings (SSSR count). The van der Waals surface area contributed by atoms with E-state index in [1.54, 1.807) is 41.2 Å². The van der Waals surface area contributed by atoms with Crippen molar-refractivity contribution in [3.05, 3.63) is 78.9 Å². The first-order valence-electron chi connectivity index (χ1n) is 13.3. The average Bonchev–Trinajstić information content (AvgIpc) is 3.27. The zero-order valence-corrected chi connectivity index (χ0v) is 21.7. The van der Waals surface area contributed by atoms with Crippen LogP contribution in [0.3, 0.4) is 0 Å². The SMILES string of the molecule is COc1ccc(N2CC=C[C@]34O[C@H]5C=CCN(c6ccccc6)C(=O)[C@H]5[C@H]3C(=O)N(CCCO)C4C2=O)cc1. The van der Waals surface area contributed by atoms with Crippen LogP contribution in [0, 0.1) is 11.8 Å². The van der Waals surface area contributed by atoms with Crippen LogP contribution in [-0.2, 0) is 19.1 Å². The van der Waals surface area contributed by atoms with E-state index in [1.165, 1.54) is 4.90 Å². The Kier molecular flexibility index (Phi) is 6.48. The second kappa shape index (κ2) is 9.98. The zero-order chi connectivity index (χ0) is 27.1. The van der Waals surface area contributed by atoms with E-state index in [9.17, 15) is 19.5 Å². The van der Waals surface area contributed by atoms with Gasteiger partial charge in [0.05, 0.1) is 25.0 Å². The average molecular weight is 530 g/mol. The first kappa shape index (κ1) is 25.3. The molecule has 5 atom stereocenters. The summed E-state index contributed by atoms with van der Waals surface area (Å²) in [6.07, 6.45) is 7.08. The van der Waals surface area contributed by atoms with Gasteiger partial charge in [0, 0.05) is 37.6 Å². The Hall–Kier alpha value is -3.95. The molecular formula is C30H31N3O6. The number of amides is 3. The van der Waals surface area contributed by atoms with E-state index in [2.05, 4.69) is 0 Å². The molecule has 0 aliphatic carbocycles. The van der Waals surface area contributed by atoms with Crippen LogP contribution in [0.1, 0.15) is 6.42 Å². The maximum atomic E-state index is 14.3. The van der Waals surface area contributed by atoms with Gasteiger partial charge in [-0.05, 0) is 42.8 Å². The molecule has 1 spiro atoms. The number of benzene rings is 2. The number of para-hydroxylation sites is 1. The first-order chi connectivity index (χ1) is 19.0. The molecule has 202 valence electrons. The highest BCUT2D eigenvalue weighted by atomic mass is 16.5. The second-order valence-corrected chi connectivity index (χ2v) is 10.2. The zero-order valence-electron chi connectivity index (χ0n) is 21.7. The number of hydrogen-bond acceptors (Lipinski definition) is 6. The number of methoxy groups -OCH3 is 1. The number of carbonyl (C=O) groups excluding carboxylic acids is 3. The van der Waals surface area contributed by atoms with Gasteiger partial charge in [0.25, 0.3) is 5.91 Å². The van der Waals surface area contributed by atoms with Gasteiger partial charge in [0.15, 0.2) is 0 Å². The van der Waals surface area contributed by atoms with Gasteiger partial charge in [-0.3, -0.25) is 14.4 Å². The summed E-state index contributed by atoms with van der Waals surface area (Å²) in [4.78, 5) is 47.3. The van der Waals surface area contributed by atoms with Crippen LogP contribution in [0.5, 0.6) is 5.75 Å². The van der Waals surface area contributed by atoms with Crippen molar-refractivity contribution in [1.82, 2.24) is 4.90 Å². The molecule has 4 heterocycles. The van der Waals surface area contributed by atoms with Gasteiger partial charge in [-0.2, -0.15) is 0 Å². The Morgan fingerprint density at radius 1 is 0.923 bits per heavy atom. The van der Waals surface area contributed by atoms with Crippen molar-refractivity contribution in [2.24, 2.45) is 11.8 Å². The maximum absolute atomic E-state index is 14.3. The predicted molar refractivity (Wildman–Crippen MR) is 144 cm³/mol. The highest BCUT2D eigenvalue weighted by Gasteiger charge is 2.71. The number of aliphatic hydroxyl groups is 1. The maximum Gasteiger partial charge on any atom is 0.253 e. The molecule has 9 heteroatoms. The number of nitrogens with zero attached hydrogens (tertiary/aromatic N) is 3. The number of rotatable bonds is 6. The third-order valence-electron chi connectivity index (χ3n) is 8.17. The fourth-order valence-corrected chi connectivity index (χ4v) is 6.45. The Bertz CT molecular complexity index is 1330. The quantitative estimate of drug-likeness (QED) is 0.576. The topological polar surface area (TPSA) is 99.6 Å². The minimum Gasteiger partial charge on any atom is -0.497 e. The molecule has 2 aromatic carbocycles. The van der Waals surface area contributed by atoms with Gasteiger partial charge in [0.2, 0.25) is 11.8 Å². The number of aliphatic hydroxyl groups excluding tert-OH is 1. The molecule has 0 saturated carbocycles. The number of anilines is 2. The van der Waals surface area contributed by atoms with Crippen LogP contribution in [0.4, 0.5) is 11.4 Å². The Morgan fingerprint density at radius 3 is 2.33 bits per heavy atom. The molecule has 0 aromatic heterocycles. The van der Waals surface area contributed by atoms with Gasteiger partial charge >= 0.3 is 0 Å². The van der Waals surface area contributed by atoms with Crippen LogP contribution in [-0.4, -0.2) is 78.8 Å². The highest BCUT2D eigenvalue weighted by Crippen LogP contribution is 2.53. The molecule has 2 saturated heterocycles. The molecule has 4 aliphatic rings. The number of fused-ring (bicyclic) bond motifs is 2. The summed E-state index contributed by atoms with van der Waals surface area (Å²) in [6.45, 7) is 0.708. The number of hydrogen-bond donors (Lipinski definition) is 1.